The summed E-state index contributed by atoms with van der Waals surface area (Å²) in [6.45, 7) is 1.79. The van der Waals surface area contributed by atoms with E-state index < -0.39 is 0 Å². The van der Waals surface area contributed by atoms with E-state index in [1.807, 2.05) is 30.3 Å². The van der Waals surface area contributed by atoms with Crippen LogP contribution in [0.5, 0.6) is 0 Å². The molecule has 4 aromatic rings. The second-order valence-electron chi connectivity index (χ2n) is 5.77. The van der Waals surface area contributed by atoms with Gasteiger partial charge in [-0.25, -0.2) is 15.0 Å². The third kappa shape index (κ3) is 2.73. The molecule has 0 unspecified atom stereocenters. The van der Waals surface area contributed by atoms with Gasteiger partial charge >= 0.3 is 0 Å². The third-order valence-electron chi connectivity index (χ3n) is 4.12. The molecule has 0 aliphatic carbocycles. The van der Waals surface area contributed by atoms with Gasteiger partial charge in [-0.05, 0) is 18.2 Å². The van der Waals surface area contributed by atoms with Gasteiger partial charge in [-0.15, -0.1) is 0 Å². The molecule has 0 atom stereocenters. The Bertz CT molecular complexity index is 1090. The molecule has 7 nitrogen and oxygen atoms in total. The smallest absolute Gasteiger partial charge is 0.229 e. The number of nitrogens with zero attached hydrogens (tertiary/aromatic N) is 3. The van der Waals surface area contributed by atoms with Crippen LogP contribution >= 0.6 is 0 Å². The Balaban J connectivity index is 1.92. The van der Waals surface area contributed by atoms with Crippen molar-refractivity contribution in [2.45, 2.75) is 13.3 Å². The summed E-state index contributed by atoms with van der Waals surface area (Å²) in [6, 6.07) is 9.40. The lowest BCUT2D eigenvalue weighted by atomic mass is 10.1. The Kier molecular flexibility index (Phi) is 3.96. The highest BCUT2D eigenvalue weighted by molar-refractivity contribution is 6.02. The van der Waals surface area contributed by atoms with Gasteiger partial charge in [-0.1, -0.05) is 19.1 Å². The number of fused-ring (bicyclic) bond motifs is 2. The minimum atomic E-state index is -0.0943. The molecule has 0 radical (unpaired) electrons. The van der Waals surface area contributed by atoms with Crippen molar-refractivity contribution < 1.29 is 9.21 Å². The quantitative estimate of drug-likeness (QED) is 0.583. The van der Waals surface area contributed by atoms with Crippen LogP contribution in [0.4, 0.5) is 11.6 Å². The fourth-order valence-corrected chi connectivity index (χ4v) is 2.79. The van der Waals surface area contributed by atoms with Crippen molar-refractivity contribution in [3.8, 4) is 11.5 Å². The van der Waals surface area contributed by atoms with Gasteiger partial charge in [-0.3, -0.25) is 4.79 Å². The molecule has 3 heterocycles. The van der Waals surface area contributed by atoms with Gasteiger partial charge in [0.15, 0.2) is 5.58 Å². The Hall–Kier alpha value is -3.48. The first-order valence-electron chi connectivity index (χ1n) is 8.32. The molecule has 1 aromatic carbocycles. The van der Waals surface area contributed by atoms with Crippen LogP contribution in [0.1, 0.15) is 13.3 Å². The number of pyridine rings is 2. The van der Waals surface area contributed by atoms with Gasteiger partial charge in [-0.2, -0.15) is 0 Å². The first kappa shape index (κ1) is 16.0. The van der Waals surface area contributed by atoms with Crippen molar-refractivity contribution in [2.24, 2.45) is 0 Å². The molecule has 0 aliphatic rings. The summed E-state index contributed by atoms with van der Waals surface area (Å²) in [5.41, 5.74) is 2.23. The SMILES string of the molecule is CCC(=O)Nc1cc2c(-c3nc4ccccc4o3)cnc(NC)c2cn1. The first-order chi connectivity index (χ1) is 12.7. The third-order valence-corrected chi connectivity index (χ3v) is 4.12. The molecule has 0 aliphatic heterocycles. The highest BCUT2D eigenvalue weighted by Crippen LogP contribution is 2.33. The monoisotopic (exact) mass is 347 g/mol. The molecular weight excluding hydrogens is 330 g/mol. The Labute approximate surface area is 149 Å². The van der Waals surface area contributed by atoms with Crippen molar-refractivity contribution in [1.29, 1.82) is 0 Å². The molecule has 130 valence electrons. The normalized spacial score (nSPS) is 11.0. The predicted molar refractivity (Wildman–Crippen MR) is 101 cm³/mol. The maximum Gasteiger partial charge on any atom is 0.229 e. The molecule has 0 saturated heterocycles. The molecule has 3 aromatic heterocycles. The molecule has 0 fully saturated rings. The van der Waals surface area contributed by atoms with Gasteiger partial charge in [0.25, 0.3) is 0 Å². The molecule has 26 heavy (non-hydrogen) atoms. The minimum absolute atomic E-state index is 0.0943. The number of hydrogen-bond acceptors (Lipinski definition) is 6. The lowest BCUT2D eigenvalue weighted by molar-refractivity contribution is -0.115. The lowest BCUT2D eigenvalue weighted by Crippen LogP contribution is -2.10. The molecule has 1 amide bonds. The van der Waals surface area contributed by atoms with E-state index in [1.54, 1.807) is 26.4 Å². The van der Waals surface area contributed by atoms with Crippen molar-refractivity contribution in [3.63, 3.8) is 0 Å². The number of carbonyl (C=O) groups is 1. The van der Waals surface area contributed by atoms with Gasteiger partial charge in [0.2, 0.25) is 11.8 Å². The van der Waals surface area contributed by atoms with Crippen LogP contribution in [-0.2, 0) is 4.79 Å². The van der Waals surface area contributed by atoms with Gasteiger partial charge in [0.1, 0.15) is 17.2 Å². The average molecular weight is 347 g/mol. The molecular formula is C19H17N5O2. The molecule has 7 heteroatoms. The number of nitrogens with one attached hydrogen (secondary N) is 2. The number of hydrogen-bond donors (Lipinski definition) is 2. The summed E-state index contributed by atoms with van der Waals surface area (Å²) in [5.74, 6) is 1.56. The number of anilines is 2. The Morgan fingerprint density at radius 3 is 2.77 bits per heavy atom. The minimum Gasteiger partial charge on any atom is -0.436 e. The van der Waals surface area contributed by atoms with Gasteiger partial charge in [0.05, 0.1) is 5.56 Å². The van der Waals surface area contributed by atoms with Crippen molar-refractivity contribution in [2.75, 3.05) is 17.7 Å². The van der Waals surface area contributed by atoms with Crippen molar-refractivity contribution in [3.05, 3.63) is 42.7 Å². The highest BCUT2D eigenvalue weighted by atomic mass is 16.3. The van der Waals surface area contributed by atoms with E-state index in [0.717, 1.165) is 21.9 Å². The van der Waals surface area contributed by atoms with Crippen LogP contribution in [0, 0.1) is 0 Å². The number of amides is 1. The van der Waals surface area contributed by atoms with E-state index in [2.05, 4.69) is 25.6 Å². The Morgan fingerprint density at radius 2 is 2.00 bits per heavy atom. The summed E-state index contributed by atoms with van der Waals surface area (Å²) < 4.78 is 5.90. The van der Waals surface area contributed by atoms with E-state index in [-0.39, 0.29) is 5.91 Å². The second-order valence-corrected chi connectivity index (χ2v) is 5.77. The fraction of sp³-hybridized carbons (Fsp3) is 0.158. The summed E-state index contributed by atoms with van der Waals surface area (Å²) in [6.07, 6.45) is 3.78. The van der Waals surface area contributed by atoms with Gasteiger partial charge in [0, 0.05) is 36.6 Å². The molecule has 4 rings (SSSR count). The van der Waals surface area contributed by atoms with Crippen LogP contribution in [0.2, 0.25) is 0 Å². The van der Waals surface area contributed by atoms with Crippen LogP contribution in [-0.4, -0.2) is 27.9 Å². The largest absolute Gasteiger partial charge is 0.436 e. The summed E-state index contributed by atoms with van der Waals surface area (Å²) in [7, 11) is 1.80. The zero-order chi connectivity index (χ0) is 18.1. The van der Waals surface area contributed by atoms with E-state index in [4.69, 9.17) is 4.42 Å². The molecule has 0 spiro atoms. The maximum atomic E-state index is 11.7. The number of benzene rings is 1. The van der Waals surface area contributed by atoms with Crippen LogP contribution in [0.3, 0.4) is 0 Å². The van der Waals surface area contributed by atoms with Crippen molar-refractivity contribution in [1.82, 2.24) is 15.0 Å². The number of oxazole rings is 1. The van der Waals surface area contributed by atoms with E-state index in [9.17, 15) is 4.79 Å². The van der Waals surface area contributed by atoms with Crippen molar-refractivity contribution >= 4 is 39.4 Å². The van der Waals surface area contributed by atoms with Crippen LogP contribution in [0.15, 0.2) is 47.1 Å². The Morgan fingerprint density at radius 1 is 1.15 bits per heavy atom. The number of aromatic nitrogens is 3. The zero-order valence-electron chi connectivity index (χ0n) is 14.4. The second kappa shape index (κ2) is 6.44. The van der Waals surface area contributed by atoms with E-state index in [0.29, 0.717) is 29.5 Å². The maximum absolute atomic E-state index is 11.7. The number of carbonyl (C=O) groups excluding carboxylic acids is 1. The lowest BCUT2D eigenvalue weighted by Gasteiger charge is -2.10. The summed E-state index contributed by atoms with van der Waals surface area (Å²) >= 11 is 0. The fourth-order valence-electron chi connectivity index (χ4n) is 2.79. The predicted octanol–water partition coefficient (Wildman–Crippen LogP) is 3.83. The number of rotatable bonds is 4. The van der Waals surface area contributed by atoms with Gasteiger partial charge < -0.3 is 15.1 Å². The standard InChI is InChI=1S/C19H17N5O2/c1-3-17(25)24-16-8-11-12(9-21-16)18(20-2)22-10-13(11)19-23-14-6-4-5-7-15(14)26-19/h4-10H,3H2,1-2H3,(H,20,22)(H,21,24,25). The van der Waals surface area contributed by atoms with Crippen LogP contribution < -0.4 is 10.6 Å². The molecule has 2 N–H and O–H groups in total. The highest BCUT2D eigenvalue weighted by Gasteiger charge is 2.15. The zero-order valence-corrected chi connectivity index (χ0v) is 14.4. The average Bonchev–Trinajstić information content (AvgIpc) is 3.10. The molecule has 0 bridgehead atoms. The topological polar surface area (TPSA) is 92.9 Å². The summed E-state index contributed by atoms with van der Waals surface area (Å²) in [4.78, 5) is 25.0. The van der Waals surface area contributed by atoms with E-state index >= 15 is 0 Å². The number of para-hydroxylation sites is 2. The first-order valence-corrected chi connectivity index (χ1v) is 8.32. The van der Waals surface area contributed by atoms with Crippen LogP contribution in [0.25, 0.3) is 33.3 Å². The summed E-state index contributed by atoms with van der Waals surface area (Å²) in [5, 5.41) is 7.51. The van der Waals surface area contributed by atoms with E-state index in [1.165, 1.54) is 0 Å². The molecule has 0 saturated carbocycles.